The molecule has 16 heavy (non-hydrogen) atoms. The molecule has 1 aromatic rings. The summed E-state index contributed by atoms with van der Waals surface area (Å²) in [5.74, 6) is 0. The van der Waals surface area contributed by atoms with E-state index in [2.05, 4.69) is 39.0 Å². The first kappa shape index (κ1) is 13.3. The maximum atomic E-state index is 2.32. The summed E-state index contributed by atoms with van der Waals surface area (Å²) in [5, 5.41) is 0. The second-order valence-corrected chi connectivity index (χ2v) is 5.40. The Morgan fingerprint density at radius 1 is 0.938 bits per heavy atom. The van der Waals surface area contributed by atoms with Crippen LogP contribution in [-0.2, 0) is 18.3 Å². The fourth-order valence-electron chi connectivity index (χ4n) is 2.48. The smallest absolute Gasteiger partial charge is 0.0129 e. The molecule has 2 rings (SSSR count). The summed E-state index contributed by atoms with van der Waals surface area (Å²) in [6.45, 7) is 11.0. The molecule has 1 aliphatic rings. The van der Waals surface area contributed by atoms with E-state index >= 15 is 0 Å². The largest absolute Gasteiger partial charge is 0.0683 e. The fraction of sp³-hybridized carbons (Fsp3) is 0.625. The van der Waals surface area contributed by atoms with Gasteiger partial charge in [-0.3, -0.25) is 0 Å². The molecule has 0 nitrogen and oxygen atoms in total. The van der Waals surface area contributed by atoms with Gasteiger partial charge in [0.05, 0.1) is 0 Å². The number of aryl methyl sites for hydroxylation is 1. The van der Waals surface area contributed by atoms with Crippen LogP contribution in [0.4, 0.5) is 0 Å². The zero-order valence-electron chi connectivity index (χ0n) is 11.6. The highest BCUT2D eigenvalue weighted by Crippen LogP contribution is 2.32. The number of benzene rings is 1. The molecular weight excluding hydrogens is 192 g/mol. The van der Waals surface area contributed by atoms with Gasteiger partial charge in [0.15, 0.2) is 0 Å². The van der Waals surface area contributed by atoms with Gasteiger partial charge in [-0.05, 0) is 47.8 Å². The number of rotatable bonds is 0. The van der Waals surface area contributed by atoms with Crippen LogP contribution in [0.3, 0.4) is 0 Å². The Balaban J connectivity index is 0.000000606. The van der Waals surface area contributed by atoms with Gasteiger partial charge >= 0.3 is 0 Å². The molecule has 0 aromatic heterocycles. The minimum atomic E-state index is 0.308. The predicted molar refractivity (Wildman–Crippen MR) is 73.1 cm³/mol. The van der Waals surface area contributed by atoms with Gasteiger partial charge in [-0.15, -0.1) is 0 Å². The second kappa shape index (κ2) is 5.52. The predicted octanol–water partition coefficient (Wildman–Crippen LogP) is 4.89. The van der Waals surface area contributed by atoms with Gasteiger partial charge in [0.2, 0.25) is 0 Å². The van der Waals surface area contributed by atoms with Crippen molar-refractivity contribution in [2.24, 2.45) is 0 Å². The van der Waals surface area contributed by atoms with Crippen molar-refractivity contribution in [1.29, 1.82) is 0 Å². The third-order valence-electron chi connectivity index (χ3n) is 3.20. The number of hydrogen-bond donors (Lipinski definition) is 0. The van der Waals surface area contributed by atoms with Crippen molar-refractivity contribution in [2.75, 3.05) is 0 Å². The van der Waals surface area contributed by atoms with Gasteiger partial charge in [0.25, 0.3) is 0 Å². The Kier molecular flexibility index (Phi) is 4.58. The molecule has 90 valence electrons. The zero-order chi connectivity index (χ0) is 12.2. The van der Waals surface area contributed by atoms with Crippen LogP contribution in [0.25, 0.3) is 0 Å². The van der Waals surface area contributed by atoms with Crippen molar-refractivity contribution in [1.82, 2.24) is 0 Å². The molecule has 0 atom stereocenters. The molecule has 0 unspecified atom stereocenters. The van der Waals surface area contributed by atoms with Crippen LogP contribution in [-0.4, -0.2) is 0 Å². The summed E-state index contributed by atoms with van der Waals surface area (Å²) in [7, 11) is 0. The highest BCUT2D eigenvalue weighted by Gasteiger charge is 2.20. The molecule has 0 saturated heterocycles. The molecule has 0 radical (unpaired) electrons. The molecule has 1 aromatic carbocycles. The van der Waals surface area contributed by atoms with Crippen molar-refractivity contribution in [3.8, 4) is 0 Å². The Morgan fingerprint density at radius 3 is 2.19 bits per heavy atom. The monoisotopic (exact) mass is 218 g/mol. The first-order chi connectivity index (χ1) is 7.59. The van der Waals surface area contributed by atoms with E-state index in [1.54, 1.807) is 16.7 Å². The first-order valence-corrected chi connectivity index (χ1v) is 6.70. The lowest BCUT2D eigenvalue weighted by Gasteiger charge is -2.27. The van der Waals surface area contributed by atoms with Crippen LogP contribution in [0.1, 0.15) is 64.2 Å². The van der Waals surface area contributed by atoms with E-state index in [9.17, 15) is 0 Å². The van der Waals surface area contributed by atoms with Crippen LogP contribution >= 0.6 is 0 Å². The topological polar surface area (TPSA) is 0 Å². The minimum Gasteiger partial charge on any atom is -0.0683 e. The summed E-state index contributed by atoms with van der Waals surface area (Å²) in [6.07, 6.45) is 5.34. The van der Waals surface area contributed by atoms with E-state index in [4.69, 9.17) is 0 Å². The van der Waals surface area contributed by atoms with Crippen molar-refractivity contribution < 1.29 is 0 Å². The third-order valence-corrected chi connectivity index (χ3v) is 3.20. The Morgan fingerprint density at radius 2 is 1.56 bits per heavy atom. The average molecular weight is 218 g/mol. The molecule has 0 aliphatic heterocycles. The van der Waals surface area contributed by atoms with Crippen LogP contribution < -0.4 is 0 Å². The summed E-state index contributed by atoms with van der Waals surface area (Å²) in [4.78, 5) is 0. The van der Waals surface area contributed by atoms with E-state index < -0.39 is 0 Å². The SMILES string of the molecule is CC.CC(C)(C)c1cccc2c1CCCC2. The van der Waals surface area contributed by atoms with Gasteiger partial charge in [-0.2, -0.15) is 0 Å². The van der Waals surface area contributed by atoms with Crippen LogP contribution in [0.15, 0.2) is 18.2 Å². The van der Waals surface area contributed by atoms with Crippen LogP contribution in [0, 0.1) is 0 Å². The van der Waals surface area contributed by atoms with Gasteiger partial charge in [0, 0.05) is 0 Å². The van der Waals surface area contributed by atoms with Crippen molar-refractivity contribution in [3.05, 3.63) is 34.9 Å². The molecule has 0 heterocycles. The van der Waals surface area contributed by atoms with Gasteiger partial charge < -0.3 is 0 Å². The van der Waals surface area contributed by atoms with E-state index in [-0.39, 0.29) is 0 Å². The van der Waals surface area contributed by atoms with Gasteiger partial charge in [0.1, 0.15) is 0 Å². The molecule has 0 N–H and O–H groups in total. The summed E-state index contributed by atoms with van der Waals surface area (Å²) < 4.78 is 0. The van der Waals surface area contributed by atoms with Crippen molar-refractivity contribution >= 4 is 0 Å². The molecule has 1 aliphatic carbocycles. The lowest BCUT2D eigenvalue weighted by Crippen LogP contribution is -2.17. The van der Waals surface area contributed by atoms with E-state index in [1.807, 2.05) is 13.8 Å². The maximum Gasteiger partial charge on any atom is -0.0129 e. The molecule has 0 amide bonds. The van der Waals surface area contributed by atoms with Crippen molar-refractivity contribution in [2.45, 2.75) is 65.7 Å². The fourth-order valence-corrected chi connectivity index (χ4v) is 2.48. The molecule has 0 fully saturated rings. The molecular formula is C16H26. The average Bonchev–Trinajstić information content (AvgIpc) is 2.30. The number of fused-ring (bicyclic) bond motifs is 1. The standard InChI is InChI=1S/C14H20.C2H6/c1-14(2,3)13-10-6-8-11-7-4-5-9-12(11)13;1-2/h6,8,10H,4-5,7,9H2,1-3H3;1-2H3. The summed E-state index contributed by atoms with van der Waals surface area (Å²) in [6, 6.07) is 6.85. The highest BCUT2D eigenvalue weighted by molar-refractivity contribution is 5.40. The maximum absolute atomic E-state index is 2.32. The zero-order valence-corrected chi connectivity index (χ0v) is 11.6. The molecule has 0 heteroatoms. The van der Waals surface area contributed by atoms with Gasteiger partial charge in [-0.1, -0.05) is 52.8 Å². The Bertz CT molecular complexity index is 328. The van der Waals surface area contributed by atoms with Crippen molar-refractivity contribution in [3.63, 3.8) is 0 Å². The molecule has 0 bridgehead atoms. The van der Waals surface area contributed by atoms with E-state index in [1.165, 1.54) is 25.7 Å². The highest BCUT2D eigenvalue weighted by atomic mass is 14.3. The third kappa shape index (κ3) is 2.87. The first-order valence-electron chi connectivity index (χ1n) is 6.70. The molecule has 0 spiro atoms. The summed E-state index contributed by atoms with van der Waals surface area (Å²) in [5.41, 5.74) is 5.12. The second-order valence-electron chi connectivity index (χ2n) is 5.40. The number of hydrogen-bond acceptors (Lipinski definition) is 0. The Hall–Kier alpha value is -0.780. The van der Waals surface area contributed by atoms with Crippen LogP contribution in [0.2, 0.25) is 0 Å². The lowest BCUT2D eigenvalue weighted by molar-refractivity contribution is 0.568. The van der Waals surface area contributed by atoms with E-state index in [0.717, 1.165) is 0 Å². The van der Waals surface area contributed by atoms with E-state index in [0.29, 0.717) is 5.41 Å². The lowest BCUT2D eigenvalue weighted by atomic mass is 9.78. The molecule has 0 saturated carbocycles. The normalized spacial score (nSPS) is 14.8. The summed E-state index contributed by atoms with van der Waals surface area (Å²) >= 11 is 0. The Labute approximate surface area is 101 Å². The quantitative estimate of drug-likeness (QED) is 0.581. The van der Waals surface area contributed by atoms with Crippen LogP contribution in [0.5, 0.6) is 0 Å². The van der Waals surface area contributed by atoms with Gasteiger partial charge in [-0.25, -0.2) is 0 Å². The minimum absolute atomic E-state index is 0.308.